The lowest BCUT2D eigenvalue weighted by Crippen LogP contribution is -2.18. The third kappa shape index (κ3) is 8.16. The zero-order valence-corrected chi connectivity index (χ0v) is 9.25. The Morgan fingerprint density at radius 1 is 1.21 bits per heavy atom. The van der Waals surface area contributed by atoms with Crippen molar-refractivity contribution in [2.24, 2.45) is 0 Å². The molecule has 0 saturated carbocycles. The number of hydrogen-bond acceptors (Lipinski definition) is 4. The van der Waals surface area contributed by atoms with Crippen molar-refractivity contribution in [3.63, 3.8) is 0 Å². The molecule has 4 nitrogen and oxygen atoms in total. The fraction of sp³-hybridized carbons (Fsp3) is 0.900. The van der Waals surface area contributed by atoms with Crippen molar-refractivity contribution in [3.8, 4) is 0 Å². The van der Waals surface area contributed by atoms with E-state index in [0.29, 0.717) is 26.4 Å². The van der Waals surface area contributed by atoms with Gasteiger partial charge in [-0.3, -0.25) is 4.79 Å². The van der Waals surface area contributed by atoms with E-state index in [0.717, 1.165) is 6.42 Å². The van der Waals surface area contributed by atoms with Crippen LogP contribution in [0.1, 0.15) is 20.3 Å². The van der Waals surface area contributed by atoms with E-state index >= 15 is 0 Å². The SMILES string of the molecule is COCCOCCCOC(C)C(C)=O. The third-order valence-corrected chi connectivity index (χ3v) is 1.81. The van der Waals surface area contributed by atoms with Gasteiger partial charge in [-0.2, -0.15) is 0 Å². The molecular formula is C10H20O4. The van der Waals surface area contributed by atoms with Crippen molar-refractivity contribution in [1.82, 2.24) is 0 Å². The molecule has 0 aromatic rings. The van der Waals surface area contributed by atoms with Crippen LogP contribution in [0.2, 0.25) is 0 Å². The molecule has 0 amide bonds. The molecule has 0 fully saturated rings. The maximum absolute atomic E-state index is 10.8. The summed E-state index contributed by atoms with van der Waals surface area (Å²) in [5, 5.41) is 0. The van der Waals surface area contributed by atoms with Crippen LogP contribution in [-0.2, 0) is 19.0 Å². The molecule has 1 atom stereocenters. The van der Waals surface area contributed by atoms with Crippen LogP contribution in [0, 0.1) is 0 Å². The summed E-state index contributed by atoms with van der Waals surface area (Å²) < 4.78 is 15.3. The average Bonchev–Trinajstić information content (AvgIpc) is 2.16. The van der Waals surface area contributed by atoms with Gasteiger partial charge in [-0.15, -0.1) is 0 Å². The highest BCUT2D eigenvalue weighted by Gasteiger charge is 2.06. The molecule has 0 aliphatic rings. The van der Waals surface area contributed by atoms with E-state index in [1.54, 1.807) is 14.0 Å². The molecule has 0 aromatic carbocycles. The van der Waals surface area contributed by atoms with Gasteiger partial charge in [0, 0.05) is 20.3 Å². The second kappa shape index (κ2) is 9.12. The molecule has 14 heavy (non-hydrogen) atoms. The van der Waals surface area contributed by atoms with E-state index in [-0.39, 0.29) is 11.9 Å². The summed E-state index contributed by atoms with van der Waals surface area (Å²) in [7, 11) is 1.64. The highest BCUT2D eigenvalue weighted by atomic mass is 16.5. The number of carbonyl (C=O) groups is 1. The van der Waals surface area contributed by atoms with Crippen molar-refractivity contribution in [2.45, 2.75) is 26.4 Å². The van der Waals surface area contributed by atoms with Crippen LogP contribution in [0.5, 0.6) is 0 Å². The summed E-state index contributed by atoms with van der Waals surface area (Å²) in [6.07, 6.45) is 0.510. The van der Waals surface area contributed by atoms with Crippen LogP contribution < -0.4 is 0 Å². The zero-order valence-electron chi connectivity index (χ0n) is 9.25. The average molecular weight is 204 g/mol. The summed E-state index contributed by atoms with van der Waals surface area (Å²) in [4.78, 5) is 10.8. The van der Waals surface area contributed by atoms with Crippen LogP contribution in [0.4, 0.5) is 0 Å². The first-order valence-electron chi connectivity index (χ1n) is 4.87. The van der Waals surface area contributed by atoms with Crippen LogP contribution in [0.15, 0.2) is 0 Å². The van der Waals surface area contributed by atoms with Gasteiger partial charge in [0.25, 0.3) is 0 Å². The van der Waals surface area contributed by atoms with Crippen molar-refractivity contribution < 1.29 is 19.0 Å². The molecule has 0 aliphatic carbocycles. The van der Waals surface area contributed by atoms with Crippen LogP contribution in [-0.4, -0.2) is 45.4 Å². The molecule has 84 valence electrons. The van der Waals surface area contributed by atoms with E-state index in [1.807, 2.05) is 0 Å². The number of ketones is 1. The summed E-state index contributed by atoms with van der Waals surface area (Å²) >= 11 is 0. The van der Waals surface area contributed by atoms with Crippen LogP contribution in [0.25, 0.3) is 0 Å². The largest absolute Gasteiger partial charge is 0.382 e. The Labute approximate surface area is 85.5 Å². The van der Waals surface area contributed by atoms with Crippen molar-refractivity contribution in [2.75, 3.05) is 33.5 Å². The van der Waals surface area contributed by atoms with E-state index in [4.69, 9.17) is 14.2 Å². The predicted molar refractivity (Wildman–Crippen MR) is 53.4 cm³/mol. The number of carbonyl (C=O) groups excluding carboxylic acids is 1. The Hall–Kier alpha value is -0.450. The Morgan fingerprint density at radius 3 is 2.50 bits per heavy atom. The van der Waals surface area contributed by atoms with Gasteiger partial charge < -0.3 is 14.2 Å². The van der Waals surface area contributed by atoms with Crippen molar-refractivity contribution in [1.29, 1.82) is 0 Å². The molecule has 0 aromatic heterocycles. The fourth-order valence-corrected chi connectivity index (χ4v) is 0.783. The normalized spacial score (nSPS) is 12.8. The molecule has 0 spiro atoms. The zero-order chi connectivity index (χ0) is 10.8. The number of methoxy groups -OCH3 is 1. The standard InChI is InChI=1S/C10H20O4/c1-9(11)10(2)14-6-4-5-13-8-7-12-3/h10H,4-8H2,1-3H3. The lowest BCUT2D eigenvalue weighted by Gasteiger charge is -2.09. The van der Waals surface area contributed by atoms with Gasteiger partial charge in [-0.25, -0.2) is 0 Å². The molecule has 0 bridgehead atoms. The van der Waals surface area contributed by atoms with E-state index in [9.17, 15) is 4.79 Å². The molecule has 0 heterocycles. The minimum absolute atomic E-state index is 0.0605. The van der Waals surface area contributed by atoms with Crippen molar-refractivity contribution in [3.05, 3.63) is 0 Å². The molecular weight excluding hydrogens is 184 g/mol. The molecule has 0 radical (unpaired) electrons. The van der Waals surface area contributed by atoms with Crippen molar-refractivity contribution >= 4 is 5.78 Å². The van der Waals surface area contributed by atoms with Gasteiger partial charge in [-0.1, -0.05) is 0 Å². The number of rotatable bonds is 9. The quantitative estimate of drug-likeness (QED) is 0.526. The molecule has 0 N–H and O–H groups in total. The first-order chi connectivity index (χ1) is 6.68. The summed E-state index contributed by atoms with van der Waals surface area (Å²) in [5.41, 5.74) is 0. The Balaban J connectivity index is 3.09. The minimum atomic E-state index is -0.297. The Bertz CT molecular complexity index is 147. The summed E-state index contributed by atoms with van der Waals surface area (Å²) in [6, 6.07) is 0. The Kier molecular flexibility index (Phi) is 8.83. The first-order valence-corrected chi connectivity index (χ1v) is 4.87. The van der Waals surface area contributed by atoms with E-state index in [2.05, 4.69) is 0 Å². The lowest BCUT2D eigenvalue weighted by molar-refractivity contribution is -0.127. The van der Waals surface area contributed by atoms with E-state index < -0.39 is 0 Å². The maximum Gasteiger partial charge on any atom is 0.158 e. The predicted octanol–water partition coefficient (Wildman–Crippen LogP) is 1.03. The topological polar surface area (TPSA) is 44.8 Å². The molecule has 4 heteroatoms. The summed E-state index contributed by atoms with van der Waals surface area (Å²) in [6.45, 7) is 5.72. The van der Waals surface area contributed by atoms with Gasteiger partial charge in [-0.05, 0) is 20.3 Å². The molecule has 0 saturated heterocycles. The Morgan fingerprint density at radius 2 is 1.93 bits per heavy atom. The van der Waals surface area contributed by atoms with Gasteiger partial charge in [0.1, 0.15) is 6.10 Å². The summed E-state index contributed by atoms with van der Waals surface area (Å²) in [5.74, 6) is 0.0605. The number of Topliss-reactive ketones (excluding diaryl/α,β-unsaturated/α-hetero) is 1. The number of ether oxygens (including phenoxy) is 3. The third-order valence-electron chi connectivity index (χ3n) is 1.81. The molecule has 0 aliphatic heterocycles. The minimum Gasteiger partial charge on any atom is -0.382 e. The van der Waals surface area contributed by atoms with Gasteiger partial charge in [0.2, 0.25) is 0 Å². The monoisotopic (exact) mass is 204 g/mol. The van der Waals surface area contributed by atoms with Crippen LogP contribution >= 0.6 is 0 Å². The second-order valence-corrected chi connectivity index (χ2v) is 3.08. The van der Waals surface area contributed by atoms with Gasteiger partial charge >= 0.3 is 0 Å². The van der Waals surface area contributed by atoms with Gasteiger partial charge in [0.05, 0.1) is 13.2 Å². The maximum atomic E-state index is 10.8. The smallest absolute Gasteiger partial charge is 0.158 e. The van der Waals surface area contributed by atoms with Gasteiger partial charge in [0.15, 0.2) is 5.78 Å². The molecule has 1 unspecified atom stereocenters. The fourth-order valence-electron chi connectivity index (χ4n) is 0.783. The molecule has 0 rings (SSSR count). The second-order valence-electron chi connectivity index (χ2n) is 3.08. The van der Waals surface area contributed by atoms with E-state index in [1.165, 1.54) is 6.92 Å². The number of hydrogen-bond donors (Lipinski definition) is 0. The highest BCUT2D eigenvalue weighted by molar-refractivity contribution is 5.79. The first kappa shape index (κ1) is 13.5. The van der Waals surface area contributed by atoms with Crippen LogP contribution in [0.3, 0.4) is 0 Å². The lowest BCUT2D eigenvalue weighted by atomic mass is 10.3. The highest BCUT2D eigenvalue weighted by Crippen LogP contribution is 1.94.